The van der Waals surface area contributed by atoms with Crippen LogP contribution in [0.3, 0.4) is 0 Å². The molecule has 3 rings (SSSR count). The van der Waals surface area contributed by atoms with Crippen LogP contribution in [0.4, 0.5) is 13.2 Å². The monoisotopic (exact) mass is 434 g/mol. The van der Waals surface area contributed by atoms with Crippen LogP contribution in [-0.4, -0.2) is 55.2 Å². The minimum Gasteiger partial charge on any atom is -0.406 e. The Bertz CT molecular complexity index is 931. The Morgan fingerprint density at radius 1 is 1.31 bits per heavy atom. The molecule has 1 aromatic carbocycles. The molecule has 0 aliphatic carbocycles. The lowest BCUT2D eigenvalue weighted by molar-refractivity contribution is -0.274. The molecule has 1 aromatic heterocycles. The van der Waals surface area contributed by atoms with Crippen LogP contribution in [0, 0.1) is 0 Å². The first-order chi connectivity index (χ1) is 13.6. The zero-order valence-electron chi connectivity index (χ0n) is 15.8. The maximum Gasteiger partial charge on any atom is 0.573 e. The van der Waals surface area contributed by atoms with Crippen molar-refractivity contribution in [2.24, 2.45) is 0 Å². The number of nitrogens with zero attached hydrogens (tertiary/aromatic N) is 3. The summed E-state index contributed by atoms with van der Waals surface area (Å²) in [6.07, 6.45) is -3.76. The molecule has 0 spiro atoms. The van der Waals surface area contributed by atoms with Crippen molar-refractivity contribution in [2.45, 2.75) is 38.2 Å². The van der Waals surface area contributed by atoms with E-state index in [1.54, 1.807) is 6.92 Å². The number of alkyl halides is 3. The summed E-state index contributed by atoms with van der Waals surface area (Å²) in [6.45, 7) is 2.29. The fourth-order valence-electron chi connectivity index (χ4n) is 3.25. The molecule has 0 bridgehead atoms. The second-order valence-corrected chi connectivity index (χ2v) is 8.73. The number of hydrogen-bond donors (Lipinski definition) is 1. The molecule has 1 saturated heterocycles. The van der Waals surface area contributed by atoms with Crippen LogP contribution in [0.5, 0.6) is 5.75 Å². The molecular formula is C17H21F3N4O4S. The lowest BCUT2D eigenvalue weighted by atomic mass is 10.2. The third-order valence-corrected chi connectivity index (χ3v) is 6.08. The number of sulfonamides is 1. The van der Waals surface area contributed by atoms with E-state index in [4.69, 9.17) is 4.52 Å². The van der Waals surface area contributed by atoms with Gasteiger partial charge in [0.15, 0.2) is 0 Å². The van der Waals surface area contributed by atoms with Gasteiger partial charge in [0.2, 0.25) is 21.7 Å². The van der Waals surface area contributed by atoms with Crippen LogP contribution in [0.1, 0.15) is 31.7 Å². The SMILES string of the molecule is CCCS(=O)(=O)NC1CC(c2nc(-c3ccc(OC(F)(F)F)cc3)no2)N(C)C1. The highest BCUT2D eigenvalue weighted by Gasteiger charge is 2.36. The van der Waals surface area contributed by atoms with Crippen LogP contribution in [-0.2, 0) is 10.0 Å². The van der Waals surface area contributed by atoms with Crippen molar-refractivity contribution in [3.8, 4) is 17.1 Å². The Morgan fingerprint density at radius 3 is 2.62 bits per heavy atom. The number of rotatable bonds is 7. The van der Waals surface area contributed by atoms with Crippen molar-refractivity contribution in [1.82, 2.24) is 19.8 Å². The van der Waals surface area contributed by atoms with Crippen molar-refractivity contribution in [1.29, 1.82) is 0 Å². The molecule has 1 aliphatic rings. The second kappa shape index (κ2) is 8.28. The Labute approximate surface area is 166 Å². The molecule has 160 valence electrons. The van der Waals surface area contributed by atoms with Crippen molar-refractivity contribution in [3.05, 3.63) is 30.2 Å². The minimum absolute atomic E-state index is 0.0661. The molecule has 1 aliphatic heterocycles. The first-order valence-electron chi connectivity index (χ1n) is 8.96. The largest absolute Gasteiger partial charge is 0.573 e. The Hall–Kier alpha value is -2.18. The van der Waals surface area contributed by atoms with E-state index in [0.717, 1.165) is 0 Å². The Balaban J connectivity index is 1.68. The minimum atomic E-state index is -4.76. The van der Waals surface area contributed by atoms with Crippen molar-refractivity contribution < 1.29 is 30.8 Å². The maximum absolute atomic E-state index is 12.2. The average Bonchev–Trinajstić information content (AvgIpc) is 3.20. The number of likely N-dealkylation sites (tertiary alicyclic amines) is 1. The van der Waals surface area contributed by atoms with Gasteiger partial charge in [-0.25, -0.2) is 13.1 Å². The molecule has 0 radical (unpaired) electrons. The number of nitrogens with one attached hydrogen (secondary N) is 1. The molecular weight excluding hydrogens is 413 g/mol. The molecule has 0 saturated carbocycles. The molecule has 2 atom stereocenters. The fourth-order valence-corrected chi connectivity index (χ4v) is 4.58. The van der Waals surface area contributed by atoms with Gasteiger partial charge in [-0.3, -0.25) is 4.90 Å². The van der Waals surface area contributed by atoms with Crippen LogP contribution >= 0.6 is 0 Å². The lowest BCUT2D eigenvalue weighted by Crippen LogP contribution is -2.37. The molecule has 1 N–H and O–H groups in total. The summed E-state index contributed by atoms with van der Waals surface area (Å²) in [5, 5.41) is 3.88. The van der Waals surface area contributed by atoms with Gasteiger partial charge in [-0.2, -0.15) is 4.98 Å². The standard InChI is InChI=1S/C17H21F3N4O4S/c1-3-8-29(25,26)23-12-9-14(24(2)10-12)16-21-15(22-28-16)11-4-6-13(7-5-11)27-17(18,19)20/h4-7,12,14,23H,3,8-10H2,1-2H3. The van der Waals surface area contributed by atoms with Crippen LogP contribution in [0.2, 0.25) is 0 Å². The van der Waals surface area contributed by atoms with Gasteiger partial charge in [-0.1, -0.05) is 12.1 Å². The average molecular weight is 434 g/mol. The van der Waals surface area contributed by atoms with Crippen molar-refractivity contribution in [3.63, 3.8) is 0 Å². The molecule has 2 aromatic rings. The quantitative estimate of drug-likeness (QED) is 0.716. The third kappa shape index (κ3) is 5.67. The first-order valence-corrected chi connectivity index (χ1v) is 10.6. The summed E-state index contributed by atoms with van der Waals surface area (Å²) < 4.78 is 72.5. The van der Waals surface area contributed by atoms with E-state index >= 15 is 0 Å². The van der Waals surface area contributed by atoms with E-state index in [1.165, 1.54) is 24.3 Å². The van der Waals surface area contributed by atoms with Gasteiger partial charge in [0.05, 0.1) is 11.8 Å². The van der Waals surface area contributed by atoms with Crippen LogP contribution in [0.15, 0.2) is 28.8 Å². The summed E-state index contributed by atoms with van der Waals surface area (Å²) in [5.41, 5.74) is 0.468. The molecule has 0 amide bonds. The molecule has 2 unspecified atom stereocenters. The van der Waals surface area contributed by atoms with Gasteiger partial charge >= 0.3 is 6.36 Å². The Morgan fingerprint density at radius 2 is 2.00 bits per heavy atom. The summed E-state index contributed by atoms with van der Waals surface area (Å²) in [5.74, 6) is 0.261. The van der Waals surface area contributed by atoms with Gasteiger partial charge < -0.3 is 9.26 Å². The first kappa shape index (κ1) is 21.5. The van der Waals surface area contributed by atoms with Crippen molar-refractivity contribution >= 4 is 10.0 Å². The highest BCUT2D eigenvalue weighted by atomic mass is 32.2. The fraction of sp³-hybridized carbons (Fsp3) is 0.529. The predicted molar refractivity (Wildman–Crippen MR) is 97.4 cm³/mol. The summed E-state index contributed by atoms with van der Waals surface area (Å²) in [7, 11) is -1.51. The molecule has 2 heterocycles. The van der Waals surface area contributed by atoms with E-state index in [9.17, 15) is 21.6 Å². The summed E-state index contributed by atoms with van der Waals surface area (Å²) >= 11 is 0. The third-order valence-electron chi connectivity index (χ3n) is 4.44. The molecule has 1 fully saturated rings. The molecule has 8 nitrogen and oxygen atoms in total. The zero-order chi connectivity index (χ0) is 21.2. The summed E-state index contributed by atoms with van der Waals surface area (Å²) in [6, 6.07) is 4.60. The molecule has 12 heteroatoms. The van der Waals surface area contributed by atoms with E-state index < -0.39 is 16.4 Å². The number of ether oxygens (including phenoxy) is 1. The number of likely N-dealkylation sites (N-methyl/N-ethyl adjacent to an activating group) is 1. The Kier molecular flexibility index (Phi) is 6.15. The van der Waals surface area contributed by atoms with E-state index in [0.29, 0.717) is 30.8 Å². The van der Waals surface area contributed by atoms with E-state index in [1.807, 2.05) is 11.9 Å². The topological polar surface area (TPSA) is 97.6 Å². The van der Waals surface area contributed by atoms with E-state index in [-0.39, 0.29) is 29.4 Å². The smallest absolute Gasteiger partial charge is 0.406 e. The highest BCUT2D eigenvalue weighted by Crippen LogP contribution is 2.32. The number of aromatic nitrogens is 2. The predicted octanol–water partition coefficient (Wildman–Crippen LogP) is 2.71. The van der Waals surface area contributed by atoms with E-state index in [2.05, 4.69) is 19.6 Å². The molecule has 29 heavy (non-hydrogen) atoms. The van der Waals surface area contributed by atoms with Gasteiger partial charge in [-0.05, 0) is 44.2 Å². The van der Waals surface area contributed by atoms with Crippen LogP contribution < -0.4 is 9.46 Å². The van der Waals surface area contributed by atoms with Gasteiger partial charge in [0.25, 0.3) is 0 Å². The zero-order valence-corrected chi connectivity index (χ0v) is 16.6. The normalized spacial score (nSPS) is 20.9. The van der Waals surface area contributed by atoms with Gasteiger partial charge in [0.1, 0.15) is 5.75 Å². The van der Waals surface area contributed by atoms with Crippen LogP contribution in [0.25, 0.3) is 11.4 Å². The number of halogens is 3. The maximum atomic E-state index is 12.2. The lowest BCUT2D eigenvalue weighted by Gasteiger charge is -2.14. The second-order valence-electron chi connectivity index (χ2n) is 6.85. The van der Waals surface area contributed by atoms with Gasteiger partial charge in [-0.15, -0.1) is 13.2 Å². The summed E-state index contributed by atoms with van der Waals surface area (Å²) in [4.78, 5) is 6.24. The number of hydrogen-bond acceptors (Lipinski definition) is 7. The van der Waals surface area contributed by atoms with Crippen molar-refractivity contribution in [2.75, 3.05) is 19.3 Å². The highest BCUT2D eigenvalue weighted by molar-refractivity contribution is 7.89. The van der Waals surface area contributed by atoms with Gasteiger partial charge in [0, 0.05) is 18.2 Å². The number of benzene rings is 1.